The molecule has 4 N–H and O–H groups in total. The molecule has 2 heterocycles. The zero-order chi connectivity index (χ0) is 24.2. The number of nitrogen functional groups attached to an aromatic ring is 1. The van der Waals surface area contributed by atoms with E-state index in [9.17, 15) is 13.5 Å². The van der Waals surface area contributed by atoms with Gasteiger partial charge in [-0.2, -0.15) is 0 Å². The second kappa shape index (κ2) is 9.82. The minimum absolute atomic E-state index is 0.0988. The number of rotatable bonds is 9. The summed E-state index contributed by atoms with van der Waals surface area (Å²) in [5, 5.41) is 9.83. The predicted octanol–water partition coefficient (Wildman–Crippen LogP) is 2.93. The van der Waals surface area contributed by atoms with Gasteiger partial charge in [-0.1, -0.05) is 6.07 Å². The first-order valence-electron chi connectivity index (χ1n) is 10.5. The lowest BCUT2D eigenvalue weighted by Gasteiger charge is -2.17. The molecule has 0 fully saturated rings. The molecule has 0 atom stereocenters. The van der Waals surface area contributed by atoms with Gasteiger partial charge in [-0.3, -0.25) is 0 Å². The SMILES string of the molecule is CCOc1ccc(-c2nc(-c3cc(S(=O)(=O)NCCC(C)(C)O)ccc3C)cnc2N)cn1. The Kier molecular flexibility index (Phi) is 7.31. The van der Waals surface area contributed by atoms with E-state index in [4.69, 9.17) is 10.5 Å². The van der Waals surface area contributed by atoms with Crippen molar-refractivity contribution in [3.8, 4) is 28.4 Å². The zero-order valence-corrected chi connectivity index (χ0v) is 20.0. The van der Waals surface area contributed by atoms with Gasteiger partial charge in [0.1, 0.15) is 11.5 Å². The predicted molar refractivity (Wildman–Crippen MR) is 127 cm³/mol. The molecule has 10 heteroatoms. The standard InChI is InChI=1S/C23H29N5O4S/c1-5-32-20-9-7-16(13-25-20)21-22(24)26-14-19(28-21)18-12-17(8-6-15(18)2)33(30,31)27-11-10-23(3,4)29/h6-9,12-14,27,29H,5,10-11H2,1-4H3,(H2,24,26). The van der Waals surface area contributed by atoms with Crippen LogP contribution < -0.4 is 15.2 Å². The summed E-state index contributed by atoms with van der Waals surface area (Å²) in [5.74, 6) is 0.731. The molecule has 9 nitrogen and oxygen atoms in total. The molecule has 2 aromatic heterocycles. The molecular weight excluding hydrogens is 442 g/mol. The molecular formula is C23H29N5O4S. The maximum Gasteiger partial charge on any atom is 0.240 e. The van der Waals surface area contributed by atoms with Crippen LogP contribution in [0.1, 0.15) is 32.8 Å². The Bertz CT molecular complexity index is 1220. The number of anilines is 1. The summed E-state index contributed by atoms with van der Waals surface area (Å²) in [4.78, 5) is 13.3. The van der Waals surface area contributed by atoms with Crippen LogP contribution >= 0.6 is 0 Å². The number of aromatic nitrogens is 3. The van der Waals surface area contributed by atoms with Crippen LogP contribution in [-0.4, -0.2) is 47.2 Å². The minimum atomic E-state index is -3.77. The summed E-state index contributed by atoms with van der Waals surface area (Å²) in [7, 11) is -3.77. The Morgan fingerprint density at radius 3 is 2.55 bits per heavy atom. The van der Waals surface area contributed by atoms with E-state index in [0.29, 0.717) is 35.0 Å². The summed E-state index contributed by atoms with van der Waals surface area (Å²) in [5.41, 5.74) is 8.15. The van der Waals surface area contributed by atoms with E-state index in [0.717, 1.165) is 5.56 Å². The number of benzene rings is 1. The van der Waals surface area contributed by atoms with Gasteiger partial charge < -0.3 is 15.6 Å². The Hall–Kier alpha value is -3.08. The average molecular weight is 472 g/mol. The van der Waals surface area contributed by atoms with Gasteiger partial charge in [-0.25, -0.2) is 28.1 Å². The van der Waals surface area contributed by atoms with Crippen molar-refractivity contribution in [2.45, 2.75) is 44.6 Å². The van der Waals surface area contributed by atoms with Crippen LogP contribution in [0.2, 0.25) is 0 Å². The maximum atomic E-state index is 12.8. The number of sulfonamides is 1. The number of ether oxygens (including phenoxy) is 1. The third kappa shape index (κ3) is 6.25. The van der Waals surface area contributed by atoms with E-state index in [-0.39, 0.29) is 23.7 Å². The number of aryl methyl sites for hydroxylation is 1. The van der Waals surface area contributed by atoms with E-state index in [1.54, 1.807) is 44.3 Å². The van der Waals surface area contributed by atoms with Crippen molar-refractivity contribution in [2.24, 2.45) is 0 Å². The van der Waals surface area contributed by atoms with E-state index >= 15 is 0 Å². The molecule has 3 aromatic rings. The topological polar surface area (TPSA) is 140 Å². The van der Waals surface area contributed by atoms with Crippen molar-refractivity contribution in [2.75, 3.05) is 18.9 Å². The molecule has 0 spiro atoms. The molecule has 0 aliphatic heterocycles. The van der Waals surface area contributed by atoms with Crippen LogP contribution in [-0.2, 0) is 10.0 Å². The first kappa shape index (κ1) is 24.6. The quantitative estimate of drug-likeness (QED) is 0.433. The van der Waals surface area contributed by atoms with Crippen molar-refractivity contribution in [3.05, 3.63) is 48.3 Å². The van der Waals surface area contributed by atoms with Gasteiger partial charge in [-0.15, -0.1) is 0 Å². The molecule has 0 saturated heterocycles. The van der Waals surface area contributed by atoms with Crippen molar-refractivity contribution >= 4 is 15.8 Å². The van der Waals surface area contributed by atoms with Crippen LogP contribution in [0.15, 0.2) is 47.6 Å². The molecule has 1 aromatic carbocycles. The van der Waals surface area contributed by atoms with Crippen LogP contribution in [0.3, 0.4) is 0 Å². The molecule has 3 rings (SSSR count). The van der Waals surface area contributed by atoms with Gasteiger partial charge in [0.2, 0.25) is 15.9 Å². The molecule has 0 saturated carbocycles. The summed E-state index contributed by atoms with van der Waals surface area (Å²) >= 11 is 0. The zero-order valence-electron chi connectivity index (χ0n) is 19.2. The van der Waals surface area contributed by atoms with Crippen LogP contribution in [0.5, 0.6) is 5.88 Å². The van der Waals surface area contributed by atoms with Crippen LogP contribution in [0.25, 0.3) is 22.5 Å². The van der Waals surface area contributed by atoms with E-state index < -0.39 is 15.6 Å². The fraction of sp³-hybridized carbons (Fsp3) is 0.348. The summed E-state index contributed by atoms with van der Waals surface area (Å²) in [6.45, 7) is 7.62. The van der Waals surface area contributed by atoms with Gasteiger partial charge in [0.25, 0.3) is 0 Å². The highest BCUT2D eigenvalue weighted by Gasteiger charge is 2.19. The number of nitrogens with zero attached hydrogens (tertiary/aromatic N) is 3. The Morgan fingerprint density at radius 2 is 1.91 bits per heavy atom. The highest BCUT2D eigenvalue weighted by atomic mass is 32.2. The highest BCUT2D eigenvalue weighted by molar-refractivity contribution is 7.89. The number of nitrogens with two attached hydrogens (primary N) is 1. The fourth-order valence-electron chi connectivity index (χ4n) is 3.11. The monoisotopic (exact) mass is 471 g/mol. The smallest absolute Gasteiger partial charge is 0.240 e. The van der Waals surface area contributed by atoms with Crippen molar-refractivity contribution in [3.63, 3.8) is 0 Å². The molecule has 0 radical (unpaired) electrons. The lowest BCUT2D eigenvalue weighted by molar-refractivity contribution is 0.0728. The lowest BCUT2D eigenvalue weighted by atomic mass is 10.1. The molecule has 0 amide bonds. The second-order valence-electron chi connectivity index (χ2n) is 8.24. The molecule has 0 unspecified atom stereocenters. The van der Waals surface area contributed by atoms with Crippen molar-refractivity contribution < 1.29 is 18.3 Å². The van der Waals surface area contributed by atoms with Gasteiger partial charge >= 0.3 is 0 Å². The summed E-state index contributed by atoms with van der Waals surface area (Å²) in [6.07, 6.45) is 3.41. The van der Waals surface area contributed by atoms with Crippen molar-refractivity contribution in [1.29, 1.82) is 0 Å². The van der Waals surface area contributed by atoms with Crippen LogP contribution in [0.4, 0.5) is 5.82 Å². The highest BCUT2D eigenvalue weighted by Crippen LogP contribution is 2.29. The molecule has 0 aliphatic rings. The number of pyridine rings is 1. The van der Waals surface area contributed by atoms with Gasteiger partial charge in [0.05, 0.1) is 29.0 Å². The molecule has 176 valence electrons. The maximum absolute atomic E-state index is 12.8. The number of hydrogen-bond donors (Lipinski definition) is 3. The third-order valence-electron chi connectivity index (χ3n) is 4.93. The lowest BCUT2D eigenvalue weighted by Crippen LogP contribution is -2.30. The summed E-state index contributed by atoms with van der Waals surface area (Å²) in [6, 6.07) is 8.33. The Morgan fingerprint density at radius 1 is 1.15 bits per heavy atom. The molecule has 33 heavy (non-hydrogen) atoms. The van der Waals surface area contributed by atoms with Crippen LogP contribution in [0, 0.1) is 6.92 Å². The first-order valence-corrected chi connectivity index (χ1v) is 12.0. The third-order valence-corrected chi connectivity index (χ3v) is 6.39. The average Bonchev–Trinajstić information content (AvgIpc) is 2.74. The van der Waals surface area contributed by atoms with Gasteiger partial charge in [-0.05, 0) is 57.9 Å². The number of hydrogen-bond acceptors (Lipinski definition) is 8. The van der Waals surface area contributed by atoms with Crippen molar-refractivity contribution in [1.82, 2.24) is 19.7 Å². The van der Waals surface area contributed by atoms with Gasteiger partial charge in [0.15, 0.2) is 0 Å². The molecule has 0 aliphatic carbocycles. The second-order valence-corrected chi connectivity index (χ2v) is 10.0. The first-order chi connectivity index (χ1) is 15.5. The van der Waals surface area contributed by atoms with Gasteiger partial charge in [0, 0.05) is 29.9 Å². The number of nitrogens with one attached hydrogen (secondary N) is 1. The van der Waals surface area contributed by atoms with E-state index in [1.807, 2.05) is 13.8 Å². The normalized spacial score (nSPS) is 12.0. The minimum Gasteiger partial charge on any atom is -0.478 e. The number of aliphatic hydroxyl groups is 1. The van der Waals surface area contributed by atoms with E-state index in [2.05, 4.69) is 19.7 Å². The molecule has 0 bridgehead atoms. The fourth-order valence-corrected chi connectivity index (χ4v) is 4.17. The largest absolute Gasteiger partial charge is 0.478 e. The Balaban J connectivity index is 1.94. The Labute approximate surface area is 194 Å². The summed E-state index contributed by atoms with van der Waals surface area (Å²) < 4.78 is 33.4. The van der Waals surface area contributed by atoms with E-state index in [1.165, 1.54) is 12.3 Å².